The van der Waals surface area contributed by atoms with Crippen LogP contribution in [0.25, 0.3) is 0 Å². The quantitative estimate of drug-likeness (QED) is 0.112. The number of Topliss-reactive ketones (excluding diaryl/α,β-unsaturated/α-hetero) is 2. The number of aryl methyl sites for hydroxylation is 2. The first kappa shape index (κ1) is 33.3. The molecule has 0 saturated carbocycles. The van der Waals surface area contributed by atoms with Gasteiger partial charge in [-0.25, -0.2) is 0 Å². The fourth-order valence-electron chi connectivity index (χ4n) is 5.54. The van der Waals surface area contributed by atoms with Crippen LogP contribution in [0.5, 0.6) is 0 Å². The molecule has 0 aromatic heterocycles. The first-order valence-corrected chi connectivity index (χ1v) is 15.5. The minimum Gasteiger partial charge on any atom is -0.344 e. The number of carbonyl (C=O) groups excluding carboxylic acids is 6. The molecule has 2 heterocycles. The monoisotopic (exact) mass is 650 g/mol. The lowest BCUT2D eigenvalue weighted by atomic mass is 9.89. The van der Waals surface area contributed by atoms with Crippen molar-refractivity contribution in [3.63, 3.8) is 0 Å². The topological polar surface area (TPSA) is 175 Å². The van der Waals surface area contributed by atoms with Crippen molar-refractivity contribution >= 4 is 81.2 Å². The third-order valence-corrected chi connectivity index (χ3v) is 8.28. The first-order valence-electron chi connectivity index (χ1n) is 14.6. The first-order chi connectivity index (χ1) is 21.4. The summed E-state index contributed by atoms with van der Waals surface area (Å²) in [7, 11) is 0. The molecule has 2 fully saturated rings. The van der Waals surface area contributed by atoms with Crippen molar-refractivity contribution in [2.45, 2.75) is 71.9 Å². The minimum absolute atomic E-state index is 0.0119. The van der Waals surface area contributed by atoms with E-state index in [2.05, 4.69) is 31.9 Å². The molecular weight excluding hydrogens is 617 g/mol. The third kappa shape index (κ3) is 6.91. The summed E-state index contributed by atoms with van der Waals surface area (Å²) in [5.41, 5.74) is 6.11. The lowest BCUT2D eigenvalue weighted by Gasteiger charge is -2.22. The SMILES string of the molecule is CCc1ccc(Cc2ccc(CC)c(NC(=O)C(=O)C3NC(=S)NC3=O)c2CC)c(CC)c1NC(=O)C(=O)C1NC(=S)NC1=O. The molecule has 2 atom stereocenters. The Morgan fingerprint density at radius 1 is 0.622 bits per heavy atom. The highest BCUT2D eigenvalue weighted by Crippen LogP contribution is 2.32. The Morgan fingerprint density at radius 3 is 1.27 bits per heavy atom. The second-order valence-corrected chi connectivity index (χ2v) is 11.3. The van der Waals surface area contributed by atoms with E-state index < -0.39 is 47.3 Å². The molecule has 2 saturated heterocycles. The molecule has 2 unspecified atom stereocenters. The fourth-order valence-corrected chi connectivity index (χ4v) is 5.98. The van der Waals surface area contributed by atoms with Crippen molar-refractivity contribution in [3.05, 3.63) is 57.6 Å². The molecule has 0 bridgehead atoms. The van der Waals surface area contributed by atoms with Gasteiger partial charge in [-0.15, -0.1) is 0 Å². The Bertz CT molecular complexity index is 1540. The number of thiocarbonyl (C=S) groups is 2. The van der Waals surface area contributed by atoms with Crippen LogP contribution in [-0.4, -0.2) is 57.5 Å². The van der Waals surface area contributed by atoms with Crippen LogP contribution >= 0.6 is 24.4 Å². The predicted molar refractivity (Wildman–Crippen MR) is 176 cm³/mol. The van der Waals surface area contributed by atoms with E-state index >= 15 is 0 Å². The average Bonchev–Trinajstić information content (AvgIpc) is 3.54. The van der Waals surface area contributed by atoms with Crippen LogP contribution < -0.4 is 31.9 Å². The summed E-state index contributed by atoms with van der Waals surface area (Å²) in [4.78, 5) is 75.9. The molecule has 0 radical (unpaired) electrons. The molecule has 2 aliphatic rings. The number of ketones is 2. The molecule has 12 nitrogen and oxygen atoms in total. The number of carbonyl (C=O) groups is 6. The predicted octanol–water partition coefficient (Wildman–Crippen LogP) is 1.29. The maximum absolute atomic E-state index is 13.0. The summed E-state index contributed by atoms with van der Waals surface area (Å²) in [5.74, 6) is -5.13. The van der Waals surface area contributed by atoms with Gasteiger partial charge in [0.15, 0.2) is 22.3 Å². The zero-order valence-electron chi connectivity index (χ0n) is 25.3. The molecule has 4 amide bonds. The molecule has 236 valence electrons. The molecule has 2 aromatic rings. The highest BCUT2D eigenvalue weighted by atomic mass is 32.1. The number of hydrogen-bond donors (Lipinski definition) is 6. The largest absolute Gasteiger partial charge is 0.344 e. The highest BCUT2D eigenvalue weighted by molar-refractivity contribution is 7.80. The van der Waals surface area contributed by atoms with Crippen LogP contribution in [0, 0.1) is 0 Å². The highest BCUT2D eigenvalue weighted by Gasteiger charge is 2.39. The van der Waals surface area contributed by atoms with Gasteiger partial charge in [-0.2, -0.15) is 0 Å². The van der Waals surface area contributed by atoms with Gasteiger partial charge in [0.05, 0.1) is 0 Å². The van der Waals surface area contributed by atoms with Gasteiger partial charge < -0.3 is 31.9 Å². The van der Waals surface area contributed by atoms with E-state index in [1.165, 1.54) is 0 Å². The Hall–Kier alpha value is -4.56. The normalized spacial score (nSPS) is 17.2. The van der Waals surface area contributed by atoms with E-state index in [0.717, 1.165) is 33.4 Å². The number of nitrogens with one attached hydrogen (secondary N) is 6. The van der Waals surface area contributed by atoms with Crippen molar-refractivity contribution in [3.8, 4) is 0 Å². The van der Waals surface area contributed by atoms with Crippen LogP contribution in [0.15, 0.2) is 24.3 Å². The van der Waals surface area contributed by atoms with Gasteiger partial charge in [0.1, 0.15) is 0 Å². The summed E-state index contributed by atoms with van der Waals surface area (Å²) in [6.07, 6.45) is 2.65. The smallest absolute Gasteiger partial charge is 0.294 e. The summed E-state index contributed by atoms with van der Waals surface area (Å²) in [6, 6.07) is 4.94. The second kappa shape index (κ2) is 14.0. The molecule has 4 rings (SSSR count). The van der Waals surface area contributed by atoms with Crippen molar-refractivity contribution in [2.75, 3.05) is 10.6 Å². The Morgan fingerprint density at radius 2 is 0.978 bits per heavy atom. The third-order valence-electron chi connectivity index (χ3n) is 7.84. The maximum atomic E-state index is 13.0. The van der Waals surface area contributed by atoms with Gasteiger partial charge in [-0.1, -0.05) is 52.0 Å². The minimum atomic E-state index is -1.39. The van der Waals surface area contributed by atoms with Crippen molar-refractivity contribution in [1.82, 2.24) is 21.3 Å². The second-order valence-electron chi connectivity index (χ2n) is 10.5. The molecular formula is C31H34N6O6S2. The van der Waals surface area contributed by atoms with Gasteiger partial charge >= 0.3 is 0 Å². The molecule has 14 heteroatoms. The summed E-state index contributed by atoms with van der Waals surface area (Å²) in [6.45, 7) is 7.75. The lowest BCUT2D eigenvalue weighted by molar-refractivity contribution is -0.138. The fraction of sp³-hybridized carbons (Fsp3) is 0.355. The number of anilines is 2. The van der Waals surface area contributed by atoms with E-state index in [-0.39, 0.29) is 10.2 Å². The van der Waals surface area contributed by atoms with Gasteiger partial charge in [-0.3, -0.25) is 28.8 Å². The van der Waals surface area contributed by atoms with E-state index in [4.69, 9.17) is 24.4 Å². The lowest BCUT2D eigenvalue weighted by Crippen LogP contribution is -2.44. The van der Waals surface area contributed by atoms with Gasteiger partial charge in [0.25, 0.3) is 35.2 Å². The zero-order valence-corrected chi connectivity index (χ0v) is 26.9. The summed E-state index contributed by atoms with van der Waals surface area (Å²) in [5, 5.41) is 15.2. The summed E-state index contributed by atoms with van der Waals surface area (Å²) >= 11 is 9.78. The van der Waals surface area contributed by atoms with Crippen LogP contribution in [0.2, 0.25) is 0 Å². The standard InChI is InChI=1S/C31H34N6O6S2/c1-5-14-9-11-16(18(7-3)20(14)32-28(42)24(38)22-26(40)36-30(44)34-22)13-17-12-10-15(6-2)21(19(17)8-4)33-29(43)25(39)23-27(41)37-31(45)35-23/h9-12,22-23H,5-8,13H2,1-4H3,(H,32,42)(H,33,43)(H2,34,36,40,44)(H2,35,37,41,45). The molecule has 0 spiro atoms. The van der Waals surface area contributed by atoms with E-state index in [1.54, 1.807) is 0 Å². The molecule has 0 aliphatic carbocycles. The zero-order chi connectivity index (χ0) is 33.0. The Kier molecular flexibility index (Phi) is 10.4. The molecule has 45 heavy (non-hydrogen) atoms. The molecule has 2 aromatic carbocycles. The van der Waals surface area contributed by atoms with Gasteiger partial charge in [-0.05, 0) is 89.9 Å². The van der Waals surface area contributed by atoms with Crippen molar-refractivity contribution in [1.29, 1.82) is 0 Å². The van der Waals surface area contributed by atoms with Gasteiger partial charge in [0.2, 0.25) is 0 Å². The van der Waals surface area contributed by atoms with Crippen molar-refractivity contribution in [2.24, 2.45) is 0 Å². The number of rotatable bonds is 12. The number of amides is 4. The molecule has 2 aliphatic heterocycles. The van der Waals surface area contributed by atoms with E-state index in [9.17, 15) is 28.8 Å². The molecule has 6 N–H and O–H groups in total. The Balaban J connectivity index is 1.66. The number of hydrogen-bond acceptors (Lipinski definition) is 8. The average molecular weight is 651 g/mol. The van der Waals surface area contributed by atoms with E-state index in [0.29, 0.717) is 43.5 Å². The summed E-state index contributed by atoms with van der Waals surface area (Å²) < 4.78 is 0. The van der Waals surface area contributed by atoms with E-state index in [1.807, 2.05) is 52.0 Å². The van der Waals surface area contributed by atoms with Crippen LogP contribution in [0.4, 0.5) is 11.4 Å². The van der Waals surface area contributed by atoms with Gasteiger partial charge in [0, 0.05) is 11.4 Å². The van der Waals surface area contributed by atoms with Crippen LogP contribution in [0.1, 0.15) is 61.1 Å². The van der Waals surface area contributed by atoms with Crippen LogP contribution in [-0.2, 0) is 60.9 Å². The Labute approximate surface area is 270 Å². The van der Waals surface area contributed by atoms with Crippen molar-refractivity contribution < 1.29 is 28.8 Å². The maximum Gasteiger partial charge on any atom is 0.294 e. The van der Waals surface area contributed by atoms with Crippen LogP contribution in [0.3, 0.4) is 0 Å². The number of benzene rings is 2.